The van der Waals surface area contributed by atoms with Gasteiger partial charge in [-0.2, -0.15) is 0 Å². The SMILES string of the molecule is COc1ccc2c(c1)NC(=O)[C@H](I)CC2. The molecule has 0 bridgehead atoms. The van der Waals surface area contributed by atoms with E-state index >= 15 is 0 Å². The van der Waals surface area contributed by atoms with Gasteiger partial charge in [-0.25, -0.2) is 0 Å². The predicted octanol–water partition coefficient (Wildman–Crippen LogP) is 2.38. The summed E-state index contributed by atoms with van der Waals surface area (Å²) in [5.74, 6) is 0.864. The van der Waals surface area contributed by atoms with Gasteiger partial charge < -0.3 is 10.1 Å². The van der Waals surface area contributed by atoms with Crippen LogP contribution in [0.5, 0.6) is 5.75 Å². The molecule has 80 valence electrons. The molecule has 1 atom stereocenters. The lowest BCUT2D eigenvalue weighted by atomic mass is 10.1. The van der Waals surface area contributed by atoms with Crippen molar-refractivity contribution < 1.29 is 9.53 Å². The van der Waals surface area contributed by atoms with E-state index in [9.17, 15) is 4.79 Å². The third kappa shape index (κ3) is 2.25. The zero-order valence-electron chi connectivity index (χ0n) is 8.42. The van der Waals surface area contributed by atoms with Gasteiger partial charge in [0.05, 0.1) is 11.0 Å². The molecule has 0 saturated heterocycles. The number of anilines is 1. The molecule has 1 amide bonds. The lowest BCUT2D eigenvalue weighted by Crippen LogP contribution is -2.20. The number of benzene rings is 1. The van der Waals surface area contributed by atoms with Crippen molar-refractivity contribution in [2.75, 3.05) is 12.4 Å². The minimum absolute atomic E-state index is 0.0565. The topological polar surface area (TPSA) is 38.3 Å². The summed E-state index contributed by atoms with van der Waals surface area (Å²) >= 11 is 2.18. The van der Waals surface area contributed by atoms with E-state index in [1.165, 1.54) is 5.56 Å². The van der Waals surface area contributed by atoms with E-state index in [4.69, 9.17) is 4.74 Å². The van der Waals surface area contributed by atoms with E-state index in [2.05, 4.69) is 27.9 Å². The van der Waals surface area contributed by atoms with Crippen LogP contribution in [0.3, 0.4) is 0 Å². The predicted molar refractivity (Wildman–Crippen MR) is 67.8 cm³/mol. The number of carbonyl (C=O) groups excluding carboxylic acids is 1. The molecule has 0 spiro atoms. The molecule has 1 aliphatic rings. The van der Waals surface area contributed by atoms with E-state index in [1.54, 1.807) is 7.11 Å². The number of carbonyl (C=O) groups is 1. The summed E-state index contributed by atoms with van der Waals surface area (Å²) < 4.78 is 5.19. The van der Waals surface area contributed by atoms with Crippen molar-refractivity contribution in [3.63, 3.8) is 0 Å². The van der Waals surface area contributed by atoms with Gasteiger partial charge in [-0.1, -0.05) is 28.7 Å². The normalized spacial score (nSPS) is 20.1. The fourth-order valence-electron chi connectivity index (χ4n) is 1.64. The van der Waals surface area contributed by atoms with E-state index in [1.807, 2.05) is 18.2 Å². The van der Waals surface area contributed by atoms with Gasteiger partial charge in [0.15, 0.2) is 0 Å². The molecule has 0 radical (unpaired) electrons. The van der Waals surface area contributed by atoms with Crippen molar-refractivity contribution >= 4 is 34.2 Å². The Labute approximate surface area is 102 Å². The van der Waals surface area contributed by atoms with Crippen molar-refractivity contribution in [2.24, 2.45) is 0 Å². The van der Waals surface area contributed by atoms with Crippen LogP contribution in [0.25, 0.3) is 0 Å². The lowest BCUT2D eigenvalue weighted by Gasteiger charge is -2.08. The number of rotatable bonds is 1. The van der Waals surface area contributed by atoms with Crippen molar-refractivity contribution in [1.82, 2.24) is 0 Å². The molecule has 0 fully saturated rings. The Morgan fingerprint density at radius 3 is 3.07 bits per heavy atom. The Kier molecular flexibility index (Phi) is 3.14. The summed E-state index contributed by atoms with van der Waals surface area (Å²) in [6.07, 6.45) is 1.83. The molecule has 1 aromatic carbocycles. The highest BCUT2D eigenvalue weighted by atomic mass is 127. The van der Waals surface area contributed by atoms with Crippen LogP contribution in [0.1, 0.15) is 12.0 Å². The molecule has 1 N–H and O–H groups in total. The Bertz CT molecular complexity index is 392. The van der Waals surface area contributed by atoms with Crippen LogP contribution in [0, 0.1) is 0 Å². The molecule has 0 saturated carbocycles. The minimum Gasteiger partial charge on any atom is -0.497 e. The highest BCUT2D eigenvalue weighted by molar-refractivity contribution is 14.1. The average molecular weight is 317 g/mol. The first-order chi connectivity index (χ1) is 7.20. The molecule has 4 heteroatoms. The number of hydrogen-bond donors (Lipinski definition) is 1. The molecular formula is C11H12INO2. The molecule has 0 aromatic heterocycles. The first-order valence-corrected chi connectivity index (χ1v) is 6.07. The van der Waals surface area contributed by atoms with Crippen LogP contribution < -0.4 is 10.1 Å². The number of fused-ring (bicyclic) bond motifs is 1. The second-order valence-corrected chi connectivity index (χ2v) is 5.02. The Morgan fingerprint density at radius 1 is 1.53 bits per heavy atom. The van der Waals surface area contributed by atoms with Gasteiger partial charge in [0.25, 0.3) is 0 Å². The van der Waals surface area contributed by atoms with Crippen LogP contribution in [0.15, 0.2) is 18.2 Å². The van der Waals surface area contributed by atoms with E-state index < -0.39 is 0 Å². The van der Waals surface area contributed by atoms with Crippen LogP contribution >= 0.6 is 22.6 Å². The number of hydrogen-bond acceptors (Lipinski definition) is 2. The van der Waals surface area contributed by atoms with Crippen molar-refractivity contribution in [2.45, 2.75) is 16.8 Å². The molecule has 0 unspecified atom stereocenters. The molecule has 1 aliphatic heterocycles. The van der Waals surface area contributed by atoms with Crippen LogP contribution in [-0.4, -0.2) is 16.9 Å². The monoisotopic (exact) mass is 317 g/mol. The zero-order valence-corrected chi connectivity index (χ0v) is 10.6. The summed E-state index contributed by atoms with van der Waals surface area (Å²) in [5, 5.41) is 2.92. The number of aryl methyl sites for hydroxylation is 1. The number of nitrogens with one attached hydrogen (secondary N) is 1. The summed E-state index contributed by atoms with van der Waals surface area (Å²) in [4.78, 5) is 11.6. The van der Waals surface area contributed by atoms with Gasteiger partial charge in [-0.3, -0.25) is 4.79 Å². The maximum atomic E-state index is 11.6. The Hall–Kier alpha value is -0.780. The highest BCUT2D eigenvalue weighted by Gasteiger charge is 2.20. The maximum absolute atomic E-state index is 11.6. The summed E-state index contributed by atoms with van der Waals surface area (Å²) in [7, 11) is 1.63. The standard InChI is InChI=1S/C11H12INO2/c1-15-8-4-2-7-3-5-9(12)11(14)13-10(7)6-8/h2,4,6,9H,3,5H2,1H3,(H,13,14)/t9-/m1/s1. The van der Waals surface area contributed by atoms with Crippen LogP contribution in [-0.2, 0) is 11.2 Å². The smallest absolute Gasteiger partial charge is 0.237 e. The Balaban J connectivity index is 2.35. The lowest BCUT2D eigenvalue weighted by molar-refractivity contribution is -0.115. The average Bonchev–Trinajstić information content (AvgIpc) is 2.39. The van der Waals surface area contributed by atoms with E-state index in [0.717, 1.165) is 24.3 Å². The molecular weight excluding hydrogens is 305 g/mol. The van der Waals surface area contributed by atoms with Gasteiger partial charge in [0.2, 0.25) is 5.91 Å². The van der Waals surface area contributed by atoms with Crippen molar-refractivity contribution in [1.29, 1.82) is 0 Å². The molecule has 15 heavy (non-hydrogen) atoms. The summed E-state index contributed by atoms with van der Waals surface area (Å²) in [6.45, 7) is 0. The number of ether oxygens (including phenoxy) is 1. The number of methoxy groups -OCH3 is 1. The molecule has 1 heterocycles. The highest BCUT2D eigenvalue weighted by Crippen LogP contribution is 2.28. The fraction of sp³-hybridized carbons (Fsp3) is 0.364. The number of halogens is 1. The Morgan fingerprint density at radius 2 is 2.33 bits per heavy atom. The van der Waals surface area contributed by atoms with E-state index in [-0.39, 0.29) is 9.83 Å². The first-order valence-electron chi connectivity index (χ1n) is 4.82. The molecule has 1 aromatic rings. The number of amides is 1. The maximum Gasteiger partial charge on any atom is 0.237 e. The second kappa shape index (κ2) is 4.38. The summed E-state index contributed by atoms with van der Waals surface area (Å²) in [6, 6.07) is 5.82. The fourth-order valence-corrected chi connectivity index (χ4v) is 2.11. The van der Waals surface area contributed by atoms with Gasteiger partial charge in [-0.15, -0.1) is 0 Å². The van der Waals surface area contributed by atoms with Gasteiger partial charge in [-0.05, 0) is 24.5 Å². The third-order valence-electron chi connectivity index (χ3n) is 2.53. The molecule has 2 rings (SSSR count). The van der Waals surface area contributed by atoms with E-state index in [0.29, 0.717) is 0 Å². The molecule has 3 nitrogen and oxygen atoms in total. The third-order valence-corrected chi connectivity index (χ3v) is 3.72. The van der Waals surface area contributed by atoms with Gasteiger partial charge in [0, 0.05) is 11.8 Å². The van der Waals surface area contributed by atoms with Crippen LogP contribution in [0.2, 0.25) is 0 Å². The minimum atomic E-state index is 0.0565. The largest absolute Gasteiger partial charge is 0.497 e. The quantitative estimate of drug-likeness (QED) is 0.638. The second-order valence-electron chi connectivity index (χ2n) is 3.52. The van der Waals surface area contributed by atoms with Crippen molar-refractivity contribution in [3.05, 3.63) is 23.8 Å². The first kappa shape index (κ1) is 10.7. The van der Waals surface area contributed by atoms with Crippen molar-refractivity contribution in [3.8, 4) is 5.75 Å². The van der Waals surface area contributed by atoms with Crippen LogP contribution in [0.4, 0.5) is 5.69 Å². The van der Waals surface area contributed by atoms with Gasteiger partial charge >= 0.3 is 0 Å². The summed E-state index contributed by atoms with van der Waals surface area (Å²) in [5.41, 5.74) is 2.07. The number of alkyl halides is 1. The van der Waals surface area contributed by atoms with Gasteiger partial charge in [0.1, 0.15) is 5.75 Å². The molecule has 0 aliphatic carbocycles. The zero-order chi connectivity index (χ0) is 10.8.